The van der Waals surface area contributed by atoms with Gasteiger partial charge in [-0.15, -0.1) is 0 Å². The summed E-state index contributed by atoms with van der Waals surface area (Å²) in [5.41, 5.74) is 3.73. The Bertz CT molecular complexity index is 1280. The summed E-state index contributed by atoms with van der Waals surface area (Å²) in [6.07, 6.45) is 2.40. The van der Waals surface area contributed by atoms with Crippen molar-refractivity contribution in [2.45, 2.75) is 39.2 Å². The predicted molar refractivity (Wildman–Crippen MR) is 111 cm³/mol. The minimum absolute atomic E-state index is 0.0159. The standard InChI is InChI=1S/C20H25FN4O4S/c1-12-16(13(2)23(3)22-12)11-25-18-10-15(9-17(21)19(18)29-20(25)26)14-5-7-24(8-6-14)30(4,27)28/h9-10,14H,5-8,11H2,1-4H3. The van der Waals surface area contributed by atoms with Gasteiger partial charge in [-0.1, -0.05) is 0 Å². The van der Waals surface area contributed by atoms with Crippen molar-refractivity contribution < 1.29 is 17.2 Å². The zero-order valence-electron chi connectivity index (χ0n) is 17.5. The molecule has 0 bridgehead atoms. The SMILES string of the molecule is Cc1nn(C)c(C)c1Cn1c(=O)oc2c(F)cc(C3CCN(S(C)(=O)=O)CC3)cc21. The Balaban J connectivity index is 1.71. The summed E-state index contributed by atoms with van der Waals surface area (Å²) in [5, 5.41) is 4.38. The molecule has 0 amide bonds. The fraction of sp³-hybridized carbons (Fsp3) is 0.500. The fourth-order valence-corrected chi connectivity index (χ4v) is 5.13. The van der Waals surface area contributed by atoms with Crippen LogP contribution in [0.4, 0.5) is 4.39 Å². The van der Waals surface area contributed by atoms with Crippen LogP contribution in [0, 0.1) is 19.7 Å². The molecule has 1 aliphatic heterocycles. The Morgan fingerprint density at radius 3 is 2.47 bits per heavy atom. The lowest BCUT2D eigenvalue weighted by atomic mass is 9.90. The fourth-order valence-electron chi connectivity index (χ4n) is 4.25. The molecule has 0 unspecified atom stereocenters. The van der Waals surface area contributed by atoms with Crippen LogP contribution < -0.4 is 5.76 Å². The Morgan fingerprint density at radius 2 is 1.90 bits per heavy atom. The summed E-state index contributed by atoms with van der Waals surface area (Å²) in [6.45, 7) is 4.83. The highest BCUT2D eigenvalue weighted by molar-refractivity contribution is 7.88. The van der Waals surface area contributed by atoms with Crippen molar-refractivity contribution in [3.63, 3.8) is 0 Å². The van der Waals surface area contributed by atoms with Crippen LogP contribution in [0.25, 0.3) is 11.1 Å². The summed E-state index contributed by atoms with van der Waals surface area (Å²) in [7, 11) is -1.39. The summed E-state index contributed by atoms with van der Waals surface area (Å²) >= 11 is 0. The molecular formula is C20H25FN4O4S. The molecule has 3 aromatic rings. The first kappa shape index (κ1) is 20.8. The largest absolute Gasteiger partial charge is 0.420 e. The highest BCUT2D eigenvalue weighted by Gasteiger charge is 2.27. The van der Waals surface area contributed by atoms with Gasteiger partial charge in [0.15, 0.2) is 11.4 Å². The van der Waals surface area contributed by atoms with E-state index in [1.807, 2.05) is 20.9 Å². The van der Waals surface area contributed by atoms with Gasteiger partial charge >= 0.3 is 5.76 Å². The topological polar surface area (TPSA) is 90.3 Å². The normalized spacial score (nSPS) is 16.6. The maximum Gasteiger partial charge on any atom is 0.420 e. The van der Waals surface area contributed by atoms with Crippen molar-refractivity contribution in [2.24, 2.45) is 7.05 Å². The molecule has 1 fully saturated rings. The average Bonchev–Trinajstić information content (AvgIpc) is 3.12. The first-order valence-corrected chi connectivity index (χ1v) is 11.7. The van der Waals surface area contributed by atoms with Crippen LogP contribution in [0.1, 0.15) is 41.3 Å². The molecule has 1 aliphatic rings. The number of aryl methyl sites for hydroxylation is 2. The van der Waals surface area contributed by atoms with Crippen molar-refractivity contribution in [1.29, 1.82) is 0 Å². The number of benzene rings is 1. The maximum atomic E-state index is 14.8. The smallest absolute Gasteiger partial charge is 0.405 e. The van der Waals surface area contributed by atoms with E-state index in [4.69, 9.17) is 4.42 Å². The van der Waals surface area contributed by atoms with Gasteiger partial charge in [0.25, 0.3) is 0 Å². The van der Waals surface area contributed by atoms with Crippen LogP contribution in [-0.2, 0) is 23.6 Å². The number of halogens is 1. The number of nitrogens with zero attached hydrogens (tertiary/aromatic N) is 4. The van der Waals surface area contributed by atoms with E-state index in [0.717, 1.165) is 22.5 Å². The Hall–Kier alpha value is -2.46. The molecule has 1 saturated heterocycles. The monoisotopic (exact) mass is 436 g/mol. The molecule has 30 heavy (non-hydrogen) atoms. The van der Waals surface area contributed by atoms with Gasteiger partial charge in [-0.2, -0.15) is 5.10 Å². The van der Waals surface area contributed by atoms with Gasteiger partial charge in [-0.05, 0) is 50.3 Å². The summed E-state index contributed by atoms with van der Waals surface area (Å²) in [6, 6.07) is 3.20. The lowest BCUT2D eigenvalue weighted by Gasteiger charge is -2.30. The molecule has 2 aromatic heterocycles. The molecule has 3 heterocycles. The predicted octanol–water partition coefficient (Wildman–Crippen LogP) is 2.27. The second kappa shape index (κ2) is 7.35. The van der Waals surface area contributed by atoms with Crippen LogP contribution >= 0.6 is 0 Å². The van der Waals surface area contributed by atoms with E-state index < -0.39 is 21.6 Å². The molecule has 0 saturated carbocycles. The molecule has 0 N–H and O–H groups in total. The first-order valence-electron chi connectivity index (χ1n) is 9.83. The van der Waals surface area contributed by atoms with E-state index in [2.05, 4.69) is 5.10 Å². The zero-order chi connectivity index (χ0) is 21.8. The van der Waals surface area contributed by atoms with Gasteiger partial charge in [0, 0.05) is 31.4 Å². The second-order valence-electron chi connectivity index (χ2n) is 8.01. The third-order valence-electron chi connectivity index (χ3n) is 6.12. The highest BCUT2D eigenvalue weighted by Crippen LogP contribution is 2.32. The number of oxazole rings is 1. The van der Waals surface area contributed by atoms with Gasteiger partial charge < -0.3 is 4.42 Å². The molecule has 0 radical (unpaired) electrons. The zero-order valence-corrected chi connectivity index (χ0v) is 18.3. The lowest BCUT2D eigenvalue weighted by molar-refractivity contribution is 0.321. The van der Waals surface area contributed by atoms with Crippen molar-refractivity contribution >= 4 is 21.1 Å². The minimum Gasteiger partial charge on any atom is -0.405 e. The van der Waals surface area contributed by atoms with E-state index >= 15 is 0 Å². The van der Waals surface area contributed by atoms with Crippen molar-refractivity contribution in [3.8, 4) is 0 Å². The number of piperidine rings is 1. The summed E-state index contributed by atoms with van der Waals surface area (Å²) in [5.74, 6) is -1.18. The third kappa shape index (κ3) is 3.58. The molecule has 10 heteroatoms. The minimum atomic E-state index is -3.23. The molecule has 0 aliphatic carbocycles. The van der Waals surface area contributed by atoms with Crippen molar-refractivity contribution in [3.05, 3.63) is 51.0 Å². The number of fused-ring (bicyclic) bond motifs is 1. The number of rotatable bonds is 4. The Morgan fingerprint density at radius 1 is 1.23 bits per heavy atom. The van der Waals surface area contributed by atoms with Gasteiger partial charge in [-0.25, -0.2) is 21.9 Å². The highest BCUT2D eigenvalue weighted by atomic mass is 32.2. The Kier molecular flexibility index (Phi) is 5.09. The van der Waals surface area contributed by atoms with Crippen LogP contribution in [0.3, 0.4) is 0 Å². The van der Waals surface area contributed by atoms with Crippen LogP contribution in [0.15, 0.2) is 21.3 Å². The molecule has 1 aromatic carbocycles. The quantitative estimate of drug-likeness (QED) is 0.626. The Labute approximate surface area is 173 Å². The number of aromatic nitrogens is 3. The number of hydrogen-bond acceptors (Lipinski definition) is 5. The molecular weight excluding hydrogens is 411 g/mol. The first-order chi connectivity index (χ1) is 14.1. The molecule has 0 atom stereocenters. The third-order valence-corrected chi connectivity index (χ3v) is 7.42. The van der Waals surface area contributed by atoms with Gasteiger partial charge in [0.05, 0.1) is 24.0 Å². The maximum absolute atomic E-state index is 14.8. The number of sulfonamides is 1. The number of hydrogen-bond donors (Lipinski definition) is 0. The van der Waals surface area contributed by atoms with Gasteiger partial charge in [-0.3, -0.25) is 9.25 Å². The van der Waals surface area contributed by atoms with Crippen LogP contribution in [-0.4, -0.2) is 46.4 Å². The molecule has 4 rings (SSSR count). The molecule has 0 spiro atoms. The molecule has 8 nitrogen and oxygen atoms in total. The lowest BCUT2D eigenvalue weighted by Crippen LogP contribution is -2.37. The average molecular weight is 437 g/mol. The van der Waals surface area contributed by atoms with E-state index in [-0.39, 0.29) is 18.0 Å². The van der Waals surface area contributed by atoms with Crippen LogP contribution in [0.5, 0.6) is 0 Å². The molecule has 162 valence electrons. The van der Waals surface area contributed by atoms with Crippen molar-refractivity contribution in [1.82, 2.24) is 18.7 Å². The second-order valence-corrected chi connectivity index (χ2v) is 10.00. The van der Waals surface area contributed by atoms with E-state index in [0.29, 0.717) is 31.4 Å². The van der Waals surface area contributed by atoms with E-state index in [1.165, 1.54) is 21.2 Å². The summed E-state index contributed by atoms with van der Waals surface area (Å²) < 4.78 is 48.1. The van der Waals surface area contributed by atoms with Gasteiger partial charge in [0.1, 0.15) is 0 Å². The van der Waals surface area contributed by atoms with E-state index in [9.17, 15) is 17.6 Å². The summed E-state index contributed by atoms with van der Waals surface area (Å²) in [4.78, 5) is 12.5. The van der Waals surface area contributed by atoms with Gasteiger partial charge in [0.2, 0.25) is 10.0 Å². The van der Waals surface area contributed by atoms with Crippen molar-refractivity contribution in [2.75, 3.05) is 19.3 Å². The van der Waals surface area contributed by atoms with E-state index in [1.54, 1.807) is 10.7 Å². The van der Waals surface area contributed by atoms with Crippen LogP contribution in [0.2, 0.25) is 0 Å².